The van der Waals surface area contributed by atoms with Gasteiger partial charge in [-0.2, -0.15) is 0 Å². The topological polar surface area (TPSA) is 88.2 Å². The molecule has 4 rings (SSSR count). The highest BCUT2D eigenvalue weighted by atomic mass is 16.5. The fourth-order valence-electron chi connectivity index (χ4n) is 3.82. The molecule has 136 valence electrons. The van der Waals surface area contributed by atoms with Crippen molar-refractivity contribution in [3.05, 3.63) is 71.8 Å². The molecular weight excluding hydrogens is 338 g/mol. The lowest BCUT2D eigenvalue weighted by Gasteiger charge is -2.26. The van der Waals surface area contributed by atoms with Crippen molar-refractivity contribution >= 4 is 28.4 Å². The van der Waals surface area contributed by atoms with Gasteiger partial charge < -0.3 is 15.8 Å². The molecule has 0 saturated carbocycles. The van der Waals surface area contributed by atoms with Gasteiger partial charge in [-0.1, -0.05) is 48.5 Å². The van der Waals surface area contributed by atoms with Crippen molar-refractivity contribution in [3.8, 4) is 5.75 Å². The van der Waals surface area contributed by atoms with E-state index in [2.05, 4.69) is 5.32 Å². The van der Waals surface area contributed by atoms with Crippen molar-refractivity contribution in [2.24, 2.45) is 5.73 Å². The van der Waals surface area contributed by atoms with E-state index >= 15 is 0 Å². The summed E-state index contributed by atoms with van der Waals surface area (Å²) in [6, 6.07) is 19.3. The summed E-state index contributed by atoms with van der Waals surface area (Å²) in [6.45, 7) is 0. The highest BCUT2D eigenvalue weighted by Crippen LogP contribution is 2.37. The molecule has 5 heteroatoms. The zero-order valence-corrected chi connectivity index (χ0v) is 14.9. The molecule has 1 aliphatic rings. The van der Waals surface area contributed by atoms with Crippen LogP contribution in [0.5, 0.6) is 5.75 Å². The van der Waals surface area contributed by atoms with E-state index in [1.54, 1.807) is 0 Å². The first-order chi connectivity index (χ1) is 13.1. The fraction of sp³-hybridized carbons (Fsp3) is 0.182. The summed E-state index contributed by atoms with van der Waals surface area (Å²) in [7, 11) is 0. The summed E-state index contributed by atoms with van der Waals surface area (Å²) in [5.74, 6) is -0.0826. The van der Waals surface area contributed by atoms with Gasteiger partial charge >= 0.3 is 5.97 Å². The number of fused-ring (bicyclic) bond motifs is 2. The van der Waals surface area contributed by atoms with E-state index in [4.69, 9.17) is 15.9 Å². The Kier molecular flexibility index (Phi) is 4.50. The Balaban J connectivity index is 1.65. The van der Waals surface area contributed by atoms with Crippen LogP contribution in [0, 0.1) is 5.41 Å². The van der Waals surface area contributed by atoms with Crippen molar-refractivity contribution < 1.29 is 9.53 Å². The molecule has 0 aliphatic heterocycles. The van der Waals surface area contributed by atoms with E-state index in [0.29, 0.717) is 5.75 Å². The zero-order chi connectivity index (χ0) is 18.8. The number of nitrogens with one attached hydrogen (secondary N) is 2. The molecule has 27 heavy (non-hydrogen) atoms. The molecule has 0 aromatic heterocycles. The number of carbonyl (C=O) groups excluding carboxylic acids is 1. The van der Waals surface area contributed by atoms with Gasteiger partial charge in [-0.05, 0) is 47.9 Å². The van der Waals surface area contributed by atoms with Gasteiger partial charge in [0.1, 0.15) is 5.75 Å². The van der Waals surface area contributed by atoms with Gasteiger partial charge in [0, 0.05) is 11.1 Å². The Morgan fingerprint density at radius 3 is 2.70 bits per heavy atom. The zero-order valence-electron chi connectivity index (χ0n) is 14.9. The molecule has 0 amide bonds. The molecule has 0 heterocycles. The van der Waals surface area contributed by atoms with E-state index in [-0.39, 0.29) is 17.8 Å². The van der Waals surface area contributed by atoms with Crippen molar-refractivity contribution in [1.82, 2.24) is 0 Å². The molecule has 0 bridgehead atoms. The maximum absolute atomic E-state index is 13.0. The number of ether oxygens (including phenoxy) is 1. The molecule has 0 fully saturated rings. The quantitative estimate of drug-likeness (QED) is 0.283. The molecule has 0 saturated heterocycles. The predicted octanol–water partition coefficient (Wildman–Crippen LogP) is 4.17. The van der Waals surface area contributed by atoms with E-state index in [1.807, 2.05) is 60.7 Å². The molecular formula is C22H21N3O2. The average molecular weight is 359 g/mol. The molecule has 0 radical (unpaired) electrons. The van der Waals surface area contributed by atoms with Gasteiger partial charge in [-0.3, -0.25) is 10.2 Å². The number of esters is 1. The lowest BCUT2D eigenvalue weighted by Crippen LogP contribution is -2.26. The number of rotatable bonds is 3. The lowest BCUT2D eigenvalue weighted by atomic mass is 9.82. The van der Waals surface area contributed by atoms with Crippen LogP contribution in [-0.4, -0.2) is 11.9 Å². The summed E-state index contributed by atoms with van der Waals surface area (Å²) in [5, 5.41) is 12.3. The van der Waals surface area contributed by atoms with Crippen LogP contribution in [0.15, 0.2) is 60.7 Å². The fourth-order valence-corrected chi connectivity index (χ4v) is 3.82. The van der Waals surface area contributed by atoms with Crippen LogP contribution < -0.4 is 15.8 Å². The maximum atomic E-state index is 13.0. The molecule has 0 spiro atoms. The van der Waals surface area contributed by atoms with Crippen LogP contribution in [0.25, 0.3) is 10.8 Å². The van der Waals surface area contributed by atoms with Crippen LogP contribution in [0.1, 0.15) is 29.9 Å². The Bertz CT molecular complexity index is 1020. The van der Waals surface area contributed by atoms with Crippen molar-refractivity contribution in [1.29, 1.82) is 5.41 Å². The third kappa shape index (κ3) is 3.36. The molecule has 3 aromatic rings. The Morgan fingerprint density at radius 1 is 1.07 bits per heavy atom. The van der Waals surface area contributed by atoms with Crippen molar-refractivity contribution in [2.75, 3.05) is 5.32 Å². The maximum Gasteiger partial charge on any atom is 0.318 e. The SMILES string of the molecule is N=C(N)Nc1cccc2c1CCCC2C(=O)Oc1cccc2ccccc12. The summed E-state index contributed by atoms with van der Waals surface area (Å²) in [5.41, 5.74) is 8.28. The Labute approximate surface area is 157 Å². The second-order valence-corrected chi connectivity index (χ2v) is 6.76. The van der Waals surface area contributed by atoms with E-state index < -0.39 is 0 Å². The number of nitrogens with two attached hydrogens (primary N) is 1. The molecule has 5 nitrogen and oxygen atoms in total. The molecule has 4 N–H and O–H groups in total. The predicted molar refractivity (Wildman–Crippen MR) is 107 cm³/mol. The number of hydrogen-bond donors (Lipinski definition) is 3. The van der Waals surface area contributed by atoms with Gasteiger partial charge in [0.05, 0.1) is 5.92 Å². The monoisotopic (exact) mass is 359 g/mol. The minimum Gasteiger partial charge on any atom is -0.425 e. The number of anilines is 1. The third-order valence-corrected chi connectivity index (χ3v) is 5.02. The first-order valence-electron chi connectivity index (χ1n) is 9.06. The first-order valence-corrected chi connectivity index (χ1v) is 9.06. The Morgan fingerprint density at radius 2 is 1.85 bits per heavy atom. The van der Waals surface area contributed by atoms with Crippen LogP contribution in [-0.2, 0) is 11.2 Å². The molecule has 1 atom stereocenters. The number of carbonyl (C=O) groups is 1. The van der Waals surface area contributed by atoms with Gasteiger partial charge in [0.25, 0.3) is 0 Å². The minimum absolute atomic E-state index is 0.108. The van der Waals surface area contributed by atoms with Crippen LogP contribution in [0.4, 0.5) is 5.69 Å². The van der Waals surface area contributed by atoms with Gasteiger partial charge in [-0.25, -0.2) is 0 Å². The molecule has 1 unspecified atom stereocenters. The van der Waals surface area contributed by atoms with Crippen molar-refractivity contribution in [2.45, 2.75) is 25.2 Å². The van der Waals surface area contributed by atoms with Gasteiger partial charge in [0.15, 0.2) is 5.96 Å². The van der Waals surface area contributed by atoms with Gasteiger partial charge in [0.2, 0.25) is 0 Å². The molecule has 3 aromatic carbocycles. The molecule has 1 aliphatic carbocycles. The van der Waals surface area contributed by atoms with E-state index in [0.717, 1.165) is 46.8 Å². The number of hydrogen-bond acceptors (Lipinski definition) is 3. The standard InChI is InChI=1S/C22H21N3O2/c23-22(24)25-19-12-5-9-16-17(19)10-4-11-18(16)21(26)27-20-13-3-7-14-6-1-2-8-15(14)20/h1-3,5-9,12-13,18H,4,10-11H2,(H4,23,24,25). The average Bonchev–Trinajstić information content (AvgIpc) is 2.68. The van der Waals surface area contributed by atoms with Crippen LogP contribution in [0.3, 0.4) is 0 Å². The summed E-state index contributed by atoms with van der Waals surface area (Å²) < 4.78 is 5.82. The lowest BCUT2D eigenvalue weighted by molar-refractivity contribution is -0.136. The number of guanidine groups is 1. The smallest absolute Gasteiger partial charge is 0.318 e. The highest BCUT2D eigenvalue weighted by molar-refractivity contribution is 5.93. The first kappa shape index (κ1) is 17.1. The summed E-state index contributed by atoms with van der Waals surface area (Å²) in [6.07, 6.45) is 2.49. The second-order valence-electron chi connectivity index (χ2n) is 6.76. The third-order valence-electron chi connectivity index (χ3n) is 5.02. The normalized spacial score (nSPS) is 15.8. The second kappa shape index (κ2) is 7.11. The summed E-state index contributed by atoms with van der Waals surface area (Å²) in [4.78, 5) is 13.0. The minimum atomic E-state index is -0.318. The summed E-state index contributed by atoms with van der Waals surface area (Å²) >= 11 is 0. The Hall–Kier alpha value is -3.34. The van der Waals surface area contributed by atoms with Crippen LogP contribution in [0.2, 0.25) is 0 Å². The largest absolute Gasteiger partial charge is 0.425 e. The van der Waals surface area contributed by atoms with E-state index in [1.165, 1.54) is 0 Å². The van der Waals surface area contributed by atoms with E-state index in [9.17, 15) is 4.79 Å². The number of benzene rings is 3. The highest BCUT2D eigenvalue weighted by Gasteiger charge is 2.29. The van der Waals surface area contributed by atoms with Crippen molar-refractivity contribution in [3.63, 3.8) is 0 Å². The van der Waals surface area contributed by atoms with Gasteiger partial charge in [-0.15, -0.1) is 0 Å². The van der Waals surface area contributed by atoms with Crippen LogP contribution >= 0.6 is 0 Å².